The lowest BCUT2D eigenvalue weighted by molar-refractivity contribution is 0.0161. The highest BCUT2D eigenvalue weighted by molar-refractivity contribution is 5.95. The lowest BCUT2D eigenvalue weighted by Crippen LogP contribution is -2.46. The van der Waals surface area contributed by atoms with E-state index in [1.54, 1.807) is 46.2 Å². The fourth-order valence-corrected chi connectivity index (χ4v) is 2.93. The molecular formula is C22H26N4O4. The number of benzene rings is 1. The van der Waals surface area contributed by atoms with Crippen molar-refractivity contribution < 1.29 is 19.1 Å². The molecular weight excluding hydrogens is 384 g/mol. The van der Waals surface area contributed by atoms with Gasteiger partial charge in [-0.05, 0) is 39.3 Å². The zero-order valence-electron chi connectivity index (χ0n) is 17.5. The van der Waals surface area contributed by atoms with Crippen LogP contribution in [-0.2, 0) is 15.9 Å². The maximum Gasteiger partial charge on any atom is 0.407 e. The number of rotatable bonds is 6. The molecule has 0 radical (unpaired) electrons. The van der Waals surface area contributed by atoms with Crippen molar-refractivity contribution in [3.8, 4) is 0 Å². The molecule has 8 nitrogen and oxygen atoms in total. The first-order valence-electron chi connectivity index (χ1n) is 9.76. The van der Waals surface area contributed by atoms with Gasteiger partial charge in [-0.2, -0.15) is 5.10 Å². The highest BCUT2D eigenvalue weighted by Gasteiger charge is 2.27. The minimum Gasteiger partial charge on any atom is -0.456 e. The predicted molar refractivity (Wildman–Crippen MR) is 111 cm³/mol. The van der Waals surface area contributed by atoms with Gasteiger partial charge in [0.05, 0.1) is 12.2 Å². The number of hydrogen-bond donors (Lipinski definition) is 1. The molecule has 0 saturated carbocycles. The average molecular weight is 410 g/mol. The van der Waals surface area contributed by atoms with Crippen LogP contribution in [0.3, 0.4) is 0 Å². The Bertz CT molecular complexity index is 1010. The summed E-state index contributed by atoms with van der Waals surface area (Å²) in [5, 5.41) is 6.90. The summed E-state index contributed by atoms with van der Waals surface area (Å²) in [5.74, 6) is -0.553. The Labute approximate surface area is 175 Å². The first kappa shape index (κ1) is 21.3. The van der Waals surface area contributed by atoms with Crippen LogP contribution in [0.2, 0.25) is 0 Å². The molecule has 0 aliphatic carbocycles. The van der Waals surface area contributed by atoms with Crippen LogP contribution in [0.25, 0.3) is 5.65 Å². The fourth-order valence-electron chi connectivity index (χ4n) is 2.93. The lowest BCUT2D eigenvalue weighted by atomic mass is 10.0. The van der Waals surface area contributed by atoms with Crippen LogP contribution in [-0.4, -0.2) is 44.4 Å². The zero-order chi connectivity index (χ0) is 21.7. The molecule has 1 amide bonds. The van der Waals surface area contributed by atoms with Crippen LogP contribution in [0.1, 0.15) is 43.6 Å². The van der Waals surface area contributed by atoms with E-state index < -0.39 is 29.8 Å². The Morgan fingerprint density at radius 3 is 2.60 bits per heavy atom. The Balaban J connectivity index is 1.78. The van der Waals surface area contributed by atoms with Gasteiger partial charge in [-0.1, -0.05) is 30.3 Å². The number of ether oxygens (including phenoxy) is 2. The number of amides is 1. The molecule has 1 aromatic carbocycles. The summed E-state index contributed by atoms with van der Waals surface area (Å²) in [4.78, 5) is 29.3. The van der Waals surface area contributed by atoms with Crippen LogP contribution in [0, 0.1) is 0 Å². The Hall–Kier alpha value is -3.42. The molecule has 0 fully saturated rings. The molecule has 2 heterocycles. The van der Waals surface area contributed by atoms with E-state index in [0.717, 1.165) is 5.56 Å². The van der Waals surface area contributed by atoms with Crippen LogP contribution in [0.4, 0.5) is 4.79 Å². The van der Waals surface area contributed by atoms with Crippen molar-refractivity contribution in [3.63, 3.8) is 0 Å². The Morgan fingerprint density at radius 2 is 1.90 bits per heavy atom. The second-order valence-corrected chi connectivity index (χ2v) is 8.01. The smallest absolute Gasteiger partial charge is 0.407 e. The highest BCUT2D eigenvalue weighted by Crippen LogP contribution is 2.16. The standard InChI is InChI=1S/C22H26N4O4/c1-15(25-21(28)30-22(2,3)4)18(13-16-9-6-5-7-10-16)29-20(27)17-14-24-26-12-8-11-23-19(17)26/h5-12,14-15,18H,13H2,1-4H3,(H,25,28)/t15-,18-/m1/s1. The number of esters is 1. The molecule has 2 aromatic heterocycles. The normalized spacial score (nSPS) is 13.5. The van der Waals surface area contributed by atoms with E-state index in [2.05, 4.69) is 15.4 Å². The first-order chi connectivity index (χ1) is 14.2. The molecule has 0 saturated heterocycles. The fraction of sp³-hybridized carbons (Fsp3) is 0.364. The van der Waals surface area contributed by atoms with Crippen LogP contribution in [0.15, 0.2) is 55.0 Å². The van der Waals surface area contributed by atoms with E-state index in [1.165, 1.54) is 10.7 Å². The van der Waals surface area contributed by atoms with Gasteiger partial charge in [0.2, 0.25) is 0 Å². The third-order valence-corrected chi connectivity index (χ3v) is 4.34. The molecule has 30 heavy (non-hydrogen) atoms. The molecule has 2 atom stereocenters. The third-order valence-electron chi connectivity index (χ3n) is 4.34. The zero-order valence-corrected chi connectivity index (χ0v) is 17.5. The molecule has 0 aliphatic rings. The summed E-state index contributed by atoms with van der Waals surface area (Å²) in [6.07, 6.45) is 3.95. The van der Waals surface area contributed by atoms with Gasteiger partial charge in [-0.25, -0.2) is 19.1 Å². The van der Waals surface area contributed by atoms with Gasteiger partial charge in [-0.15, -0.1) is 0 Å². The number of fused-ring (bicyclic) bond motifs is 1. The molecule has 0 unspecified atom stereocenters. The van der Waals surface area contributed by atoms with Gasteiger partial charge in [0, 0.05) is 18.8 Å². The monoisotopic (exact) mass is 410 g/mol. The van der Waals surface area contributed by atoms with Gasteiger partial charge in [0.15, 0.2) is 5.65 Å². The van der Waals surface area contributed by atoms with Crippen LogP contribution >= 0.6 is 0 Å². The quantitative estimate of drug-likeness (QED) is 0.626. The molecule has 3 rings (SSSR count). The molecule has 8 heteroatoms. The van der Waals surface area contributed by atoms with Crippen molar-refractivity contribution in [2.24, 2.45) is 0 Å². The van der Waals surface area contributed by atoms with Gasteiger partial charge in [-0.3, -0.25) is 0 Å². The van der Waals surface area contributed by atoms with E-state index >= 15 is 0 Å². The maximum atomic E-state index is 12.9. The van der Waals surface area contributed by atoms with Crippen LogP contribution < -0.4 is 5.32 Å². The topological polar surface area (TPSA) is 94.8 Å². The predicted octanol–water partition coefficient (Wildman–Crippen LogP) is 3.41. The molecule has 0 spiro atoms. The largest absolute Gasteiger partial charge is 0.456 e. The summed E-state index contributed by atoms with van der Waals surface area (Å²) in [6, 6.07) is 10.9. The SMILES string of the molecule is C[C@@H](NC(=O)OC(C)(C)C)[C@@H](Cc1ccccc1)OC(=O)c1cnn2cccnc12. The second-order valence-electron chi connectivity index (χ2n) is 8.01. The molecule has 158 valence electrons. The molecule has 0 bridgehead atoms. The van der Waals surface area contributed by atoms with E-state index in [4.69, 9.17) is 9.47 Å². The maximum absolute atomic E-state index is 12.9. The number of nitrogens with zero attached hydrogens (tertiary/aromatic N) is 3. The van der Waals surface area contributed by atoms with Crippen molar-refractivity contribution in [2.75, 3.05) is 0 Å². The van der Waals surface area contributed by atoms with Crippen molar-refractivity contribution in [1.29, 1.82) is 0 Å². The number of carbonyl (C=O) groups excluding carboxylic acids is 2. The molecule has 0 aliphatic heterocycles. The van der Waals surface area contributed by atoms with Gasteiger partial charge >= 0.3 is 12.1 Å². The van der Waals surface area contributed by atoms with E-state index in [0.29, 0.717) is 12.1 Å². The summed E-state index contributed by atoms with van der Waals surface area (Å²) >= 11 is 0. The lowest BCUT2D eigenvalue weighted by Gasteiger charge is -2.27. The Kier molecular flexibility index (Phi) is 6.34. The summed E-state index contributed by atoms with van der Waals surface area (Å²) in [6.45, 7) is 7.14. The van der Waals surface area contributed by atoms with Gasteiger partial charge in [0.25, 0.3) is 0 Å². The number of hydrogen-bond acceptors (Lipinski definition) is 6. The van der Waals surface area contributed by atoms with E-state index in [9.17, 15) is 9.59 Å². The summed E-state index contributed by atoms with van der Waals surface area (Å²) < 4.78 is 12.6. The second kappa shape index (κ2) is 8.94. The van der Waals surface area contributed by atoms with Gasteiger partial charge < -0.3 is 14.8 Å². The van der Waals surface area contributed by atoms with Crippen molar-refractivity contribution >= 4 is 17.7 Å². The van der Waals surface area contributed by atoms with Gasteiger partial charge in [0.1, 0.15) is 17.3 Å². The minimum atomic E-state index is -0.627. The third kappa shape index (κ3) is 5.56. The van der Waals surface area contributed by atoms with E-state index in [1.807, 2.05) is 30.3 Å². The highest BCUT2D eigenvalue weighted by atomic mass is 16.6. The number of carbonyl (C=O) groups is 2. The number of aromatic nitrogens is 3. The van der Waals surface area contributed by atoms with Crippen molar-refractivity contribution in [1.82, 2.24) is 19.9 Å². The van der Waals surface area contributed by atoms with Crippen molar-refractivity contribution in [2.45, 2.75) is 51.9 Å². The van der Waals surface area contributed by atoms with E-state index in [-0.39, 0.29) is 5.56 Å². The number of alkyl carbamates (subject to hydrolysis) is 1. The Morgan fingerprint density at radius 1 is 1.17 bits per heavy atom. The minimum absolute atomic E-state index is 0.262. The average Bonchev–Trinajstić information content (AvgIpc) is 3.11. The number of nitrogens with one attached hydrogen (secondary N) is 1. The first-order valence-corrected chi connectivity index (χ1v) is 9.76. The van der Waals surface area contributed by atoms with Crippen LogP contribution in [0.5, 0.6) is 0 Å². The van der Waals surface area contributed by atoms with Crippen molar-refractivity contribution in [3.05, 3.63) is 66.1 Å². The molecule has 3 aromatic rings. The summed E-state index contributed by atoms with van der Waals surface area (Å²) in [5.41, 5.74) is 1.02. The summed E-state index contributed by atoms with van der Waals surface area (Å²) in [7, 11) is 0. The molecule has 1 N–H and O–H groups in total.